The lowest BCUT2D eigenvalue weighted by atomic mass is 10.1. The first kappa shape index (κ1) is 17.7. The molecular formula is C19H26N2O4. The molecule has 0 N–H and O–H groups in total. The fraction of sp³-hybridized carbons (Fsp3) is 0.579. The third-order valence-electron chi connectivity index (χ3n) is 4.26. The maximum atomic E-state index is 5.82. The minimum Gasteiger partial charge on any atom is -0.493 e. The van der Waals surface area contributed by atoms with Gasteiger partial charge in [-0.05, 0) is 49.8 Å². The van der Waals surface area contributed by atoms with Crippen molar-refractivity contribution in [3.63, 3.8) is 0 Å². The Hall–Kier alpha value is -2.08. The Labute approximate surface area is 148 Å². The molecule has 2 heterocycles. The van der Waals surface area contributed by atoms with Gasteiger partial charge >= 0.3 is 0 Å². The largest absolute Gasteiger partial charge is 0.493 e. The van der Waals surface area contributed by atoms with Gasteiger partial charge in [0.05, 0.1) is 13.7 Å². The maximum absolute atomic E-state index is 5.82. The molecule has 1 atom stereocenters. The molecule has 1 aromatic carbocycles. The Morgan fingerprint density at radius 1 is 1.20 bits per heavy atom. The van der Waals surface area contributed by atoms with Crippen LogP contribution in [0, 0.1) is 5.92 Å². The van der Waals surface area contributed by atoms with Crippen LogP contribution in [0.5, 0.6) is 11.5 Å². The molecule has 0 aliphatic carbocycles. The maximum Gasteiger partial charge on any atom is 0.248 e. The summed E-state index contributed by atoms with van der Waals surface area (Å²) >= 11 is 0. The number of benzene rings is 1. The van der Waals surface area contributed by atoms with Gasteiger partial charge in [0.25, 0.3) is 0 Å². The van der Waals surface area contributed by atoms with E-state index in [1.54, 1.807) is 7.11 Å². The van der Waals surface area contributed by atoms with Gasteiger partial charge in [0.2, 0.25) is 11.8 Å². The van der Waals surface area contributed by atoms with E-state index in [-0.39, 0.29) is 6.10 Å². The first-order valence-electron chi connectivity index (χ1n) is 8.93. The molecule has 136 valence electrons. The zero-order chi connectivity index (χ0) is 17.6. The van der Waals surface area contributed by atoms with Gasteiger partial charge in [-0.3, -0.25) is 0 Å². The van der Waals surface area contributed by atoms with Crippen LogP contribution >= 0.6 is 0 Å². The van der Waals surface area contributed by atoms with E-state index in [0.717, 1.165) is 43.6 Å². The van der Waals surface area contributed by atoms with Crippen molar-refractivity contribution in [2.45, 2.75) is 45.6 Å². The summed E-state index contributed by atoms with van der Waals surface area (Å²) in [6.45, 7) is 5.76. The standard InChI is InChI=1S/C19H26N2O4/c1-13(2)9-11-24-15-8-7-14(12-17(15)22-3)18-20-21-19(25-18)16-6-4-5-10-23-16/h7-8,12-13,16H,4-6,9-11H2,1-3H3/t16-/m1/s1. The zero-order valence-corrected chi connectivity index (χ0v) is 15.2. The van der Waals surface area contributed by atoms with Gasteiger partial charge in [-0.1, -0.05) is 13.8 Å². The van der Waals surface area contributed by atoms with E-state index in [0.29, 0.717) is 30.1 Å². The van der Waals surface area contributed by atoms with E-state index >= 15 is 0 Å². The SMILES string of the molecule is COc1cc(-c2nnc([C@H]3CCCCO3)o2)ccc1OCCC(C)C. The lowest BCUT2D eigenvalue weighted by Crippen LogP contribution is -2.11. The Morgan fingerprint density at radius 2 is 2.08 bits per heavy atom. The average molecular weight is 346 g/mol. The first-order chi connectivity index (χ1) is 12.2. The number of hydrogen-bond acceptors (Lipinski definition) is 6. The van der Waals surface area contributed by atoms with Crippen LogP contribution in [-0.2, 0) is 4.74 Å². The highest BCUT2D eigenvalue weighted by Gasteiger charge is 2.22. The Morgan fingerprint density at radius 3 is 2.80 bits per heavy atom. The van der Waals surface area contributed by atoms with Crippen LogP contribution in [0.1, 0.15) is 51.5 Å². The number of hydrogen-bond donors (Lipinski definition) is 0. The summed E-state index contributed by atoms with van der Waals surface area (Å²) in [6.07, 6.45) is 4.05. The summed E-state index contributed by atoms with van der Waals surface area (Å²) in [5.41, 5.74) is 0.808. The molecule has 0 spiro atoms. The van der Waals surface area contributed by atoms with E-state index in [4.69, 9.17) is 18.6 Å². The molecule has 6 heteroatoms. The van der Waals surface area contributed by atoms with Gasteiger partial charge in [0.1, 0.15) is 6.10 Å². The molecule has 2 aromatic rings. The van der Waals surface area contributed by atoms with Crippen LogP contribution in [0.4, 0.5) is 0 Å². The van der Waals surface area contributed by atoms with Crippen molar-refractivity contribution < 1.29 is 18.6 Å². The molecule has 0 radical (unpaired) electrons. The minimum atomic E-state index is -0.0875. The molecular weight excluding hydrogens is 320 g/mol. The molecule has 1 saturated heterocycles. The number of rotatable bonds is 7. The fourth-order valence-electron chi connectivity index (χ4n) is 2.74. The smallest absolute Gasteiger partial charge is 0.248 e. The Bertz CT molecular complexity index is 678. The molecule has 3 rings (SSSR count). The predicted octanol–water partition coefficient (Wildman–Crippen LogP) is 4.41. The highest BCUT2D eigenvalue weighted by molar-refractivity contribution is 5.59. The van der Waals surface area contributed by atoms with E-state index in [1.807, 2.05) is 18.2 Å². The van der Waals surface area contributed by atoms with Crippen molar-refractivity contribution in [1.29, 1.82) is 0 Å². The summed E-state index contributed by atoms with van der Waals surface area (Å²) in [5, 5.41) is 8.31. The van der Waals surface area contributed by atoms with Gasteiger partial charge in [0, 0.05) is 12.2 Å². The summed E-state index contributed by atoms with van der Waals surface area (Å²) in [4.78, 5) is 0. The van der Waals surface area contributed by atoms with Gasteiger partial charge in [-0.15, -0.1) is 10.2 Å². The lowest BCUT2D eigenvalue weighted by Gasteiger charge is -2.18. The van der Waals surface area contributed by atoms with Crippen molar-refractivity contribution in [1.82, 2.24) is 10.2 Å². The van der Waals surface area contributed by atoms with Crippen LogP contribution in [-0.4, -0.2) is 30.5 Å². The Balaban J connectivity index is 1.73. The third-order valence-corrected chi connectivity index (χ3v) is 4.26. The molecule has 0 amide bonds. The monoisotopic (exact) mass is 346 g/mol. The van der Waals surface area contributed by atoms with Crippen molar-refractivity contribution in [3.05, 3.63) is 24.1 Å². The molecule has 1 aliphatic rings. The molecule has 0 saturated carbocycles. The highest BCUT2D eigenvalue weighted by atomic mass is 16.5. The Kier molecular flexibility index (Phi) is 5.91. The second kappa shape index (κ2) is 8.34. The summed E-state index contributed by atoms with van der Waals surface area (Å²) in [6, 6.07) is 5.66. The molecule has 1 aliphatic heterocycles. The highest BCUT2D eigenvalue weighted by Crippen LogP contribution is 2.34. The zero-order valence-electron chi connectivity index (χ0n) is 15.2. The van der Waals surface area contributed by atoms with Gasteiger partial charge < -0.3 is 18.6 Å². The van der Waals surface area contributed by atoms with E-state index < -0.39 is 0 Å². The van der Waals surface area contributed by atoms with Gasteiger partial charge in [0.15, 0.2) is 11.5 Å². The normalized spacial score (nSPS) is 17.7. The van der Waals surface area contributed by atoms with Gasteiger partial charge in [-0.25, -0.2) is 0 Å². The van der Waals surface area contributed by atoms with Crippen LogP contribution in [0.3, 0.4) is 0 Å². The molecule has 6 nitrogen and oxygen atoms in total. The average Bonchev–Trinajstić information content (AvgIpc) is 3.12. The second-order valence-electron chi connectivity index (χ2n) is 6.70. The van der Waals surface area contributed by atoms with E-state index in [1.165, 1.54) is 0 Å². The molecule has 0 bridgehead atoms. The number of ether oxygens (including phenoxy) is 3. The quantitative estimate of drug-likeness (QED) is 0.740. The van der Waals surface area contributed by atoms with Crippen LogP contribution in [0.25, 0.3) is 11.5 Å². The van der Waals surface area contributed by atoms with Crippen molar-refractivity contribution >= 4 is 0 Å². The van der Waals surface area contributed by atoms with Gasteiger partial charge in [-0.2, -0.15) is 0 Å². The number of methoxy groups -OCH3 is 1. The third kappa shape index (κ3) is 4.51. The first-order valence-corrected chi connectivity index (χ1v) is 8.93. The molecule has 1 fully saturated rings. The predicted molar refractivity (Wildman–Crippen MR) is 93.8 cm³/mol. The second-order valence-corrected chi connectivity index (χ2v) is 6.70. The van der Waals surface area contributed by atoms with Crippen LogP contribution < -0.4 is 9.47 Å². The van der Waals surface area contributed by atoms with E-state index in [9.17, 15) is 0 Å². The number of aromatic nitrogens is 2. The summed E-state index contributed by atoms with van der Waals surface area (Å²) in [5.74, 6) is 3.00. The molecule has 0 unspecified atom stereocenters. The van der Waals surface area contributed by atoms with Crippen molar-refractivity contribution in [3.8, 4) is 23.0 Å². The summed E-state index contributed by atoms with van der Waals surface area (Å²) in [7, 11) is 1.63. The fourth-order valence-corrected chi connectivity index (χ4v) is 2.74. The van der Waals surface area contributed by atoms with Crippen LogP contribution in [0.2, 0.25) is 0 Å². The topological polar surface area (TPSA) is 66.6 Å². The van der Waals surface area contributed by atoms with Crippen molar-refractivity contribution in [2.75, 3.05) is 20.3 Å². The summed E-state index contributed by atoms with van der Waals surface area (Å²) < 4.78 is 22.8. The van der Waals surface area contributed by atoms with Crippen LogP contribution in [0.15, 0.2) is 22.6 Å². The van der Waals surface area contributed by atoms with E-state index in [2.05, 4.69) is 24.0 Å². The molecule has 1 aromatic heterocycles. The number of nitrogens with zero attached hydrogens (tertiary/aromatic N) is 2. The minimum absolute atomic E-state index is 0.0875. The van der Waals surface area contributed by atoms with Crippen molar-refractivity contribution in [2.24, 2.45) is 5.92 Å². The molecule has 25 heavy (non-hydrogen) atoms. The lowest BCUT2D eigenvalue weighted by molar-refractivity contribution is -0.00126.